The van der Waals surface area contributed by atoms with Crippen LogP contribution in [0.15, 0.2) is 54.6 Å². The summed E-state index contributed by atoms with van der Waals surface area (Å²) in [4.78, 5) is 15.3. The molecule has 2 unspecified atom stereocenters. The quantitative estimate of drug-likeness (QED) is 0.562. The summed E-state index contributed by atoms with van der Waals surface area (Å²) in [5.41, 5.74) is 5.02. The lowest BCUT2D eigenvalue weighted by Crippen LogP contribution is -2.94. The molecule has 3 aromatic rings. The van der Waals surface area contributed by atoms with Gasteiger partial charge in [0.25, 0.3) is 0 Å². The van der Waals surface area contributed by atoms with Gasteiger partial charge in [-0.25, -0.2) is 4.79 Å². The van der Waals surface area contributed by atoms with Crippen LogP contribution in [0.2, 0.25) is 0 Å². The first-order valence-electron chi connectivity index (χ1n) is 9.60. The number of hydrogen-bond acceptors (Lipinski definition) is 3. The molecule has 4 rings (SSSR count). The molecule has 4 N–H and O–H groups in total. The van der Waals surface area contributed by atoms with Crippen LogP contribution in [0.3, 0.4) is 0 Å². The van der Waals surface area contributed by atoms with Crippen molar-refractivity contribution in [3.63, 3.8) is 0 Å². The summed E-state index contributed by atoms with van der Waals surface area (Å²) in [6, 6.07) is 13.1. The number of methoxy groups -OCH3 is 1. The Bertz CT molecular complexity index is 1090. The number of hydrogen-bond donors (Lipinski definition) is 3. The summed E-state index contributed by atoms with van der Waals surface area (Å²) in [5.74, 6) is 0.452. The van der Waals surface area contributed by atoms with Gasteiger partial charge in [-0.05, 0) is 42.3 Å². The molecule has 0 amide bonds. The molecule has 6 nitrogen and oxygen atoms in total. The van der Waals surface area contributed by atoms with Crippen LogP contribution in [-0.2, 0) is 11.2 Å². The molecule has 2 atom stereocenters. The molecule has 2 aromatic carbocycles. The Kier molecular flexibility index (Phi) is 5.03. The third-order valence-electron chi connectivity index (χ3n) is 5.34. The number of carboxylic acids is 1. The first-order chi connectivity index (χ1) is 14.0. The van der Waals surface area contributed by atoms with Crippen LogP contribution in [0.1, 0.15) is 29.8 Å². The standard InChI is InChI=1S/C23H24N2O4/c1-13(2)12-29-19-9-8-14(10-20(19)28-3)21-22-16(11-18(25-21)23(26)27)15-6-4-5-7-17(15)24-22/h4-10,18,21,24-25H,1,11-12H2,2-3H3,(H,26,27)/p+1. The second-order valence-electron chi connectivity index (χ2n) is 7.54. The third-order valence-corrected chi connectivity index (χ3v) is 5.34. The number of nitrogens with two attached hydrogens (primary N) is 1. The number of aliphatic carboxylic acids is 1. The molecule has 150 valence electrons. The smallest absolute Gasteiger partial charge is 0.362 e. The summed E-state index contributed by atoms with van der Waals surface area (Å²) >= 11 is 0. The van der Waals surface area contributed by atoms with Crippen LogP contribution >= 0.6 is 0 Å². The summed E-state index contributed by atoms with van der Waals surface area (Å²) < 4.78 is 11.3. The van der Waals surface area contributed by atoms with E-state index >= 15 is 0 Å². The summed E-state index contributed by atoms with van der Waals surface area (Å²) in [5, 5.41) is 12.7. The Labute approximate surface area is 169 Å². The lowest BCUT2D eigenvalue weighted by atomic mass is 9.90. The van der Waals surface area contributed by atoms with Gasteiger partial charge in [0, 0.05) is 22.9 Å². The number of aromatic amines is 1. The highest BCUT2D eigenvalue weighted by Gasteiger charge is 2.37. The molecule has 29 heavy (non-hydrogen) atoms. The highest BCUT2D eigenvalue weighted by molar-refractivity contribution is 5.86. The van der Waals surface area contributed by atoms with Gasteiger partial charge in [-0.2, -0.15) is 0 Å². The fourth-order valence-corrected chi connectivity index (χ4v) is 3.97. The molecule has 6 heteroatoms. The number of carbonyl (C=O) groups is 1. The van der Waals surface area contributed by atoms with Crippen LogP contribution in [0.25, 0.3) is 10.9 Å². The number of benzene rings is 2. The molecular weight excluding hydrogens is 368 g/mol. The van der Waals surface area contributed by atoms with Crippen molar-refractivity contribution in [1.82, 2.24) is 4.98 Å². The van der Waals surface area contributed by atoms with Gasteiger partial charge in [-0.1, -0.05) is 24.8 Å². The summed E-state index contributed by atoms with van der Waals surface area (Å²) in [6.07, 6.45) is 0.488. The van der Waals surface area contributed by atoms with Gasteiger partial charge < -0.3 is 24.9 Å². The first kappa shape index (κ1) is 19.1. The van der Waals surface area contributed by atoms with E-state index in [4.69, 9.17) is 9.47 Å². The fraction of sp³-hybridized carbons (Fsp3) is 0.261. The highest BCUT2D eigenvalue weighted by atomic mass is 16.5. The molecule has 1 aliphatic heterocycles. The van der Waals surface area contributed by atoms with Crippen molar-refractivity contribution in [2.24, 2.45) is 0 Å². The lowest BCUT2D eigenvalue weighted by molar-refractivity contribution is -0.712. The van der Waals surface area contributed by atoms with Crippen LogP contribution in [0.5, 0.6) is 11.5 Å². The van der Waals surface area contributed by atoms with Crippen molar-refractivity contribution >= 4 is 16.9 Å². The van der Waals surface area contributed by atoms with Crippen LogP contribution < -0.4 is 14.8 Å². The van der Waals surface area contributed by atoms with Gasteiger partial charge >= 0.3 is 5.97 Å². The maximum atomic E-state index is 11.8. The zero-order chi connectivity index (χ0) is 20.5. The summed E-state index contributed by atoms with van der Waals surface area (Å²) in [7, 11) is 1.60. The van der Waals surface area contributed by atoms with E-state index in [-0.39, 0.29) is 6.04 Å². The number of para-hydroxylation sites is 1. The van der Waals surface area contributed by atoms with E-state index in [0.717, 1.165) is 33.3 Å². The molecule has 0 saturated heterocycles. The van der Waals surface area contributed by atoms with Crippen molar-refractivity contribution < 1.29 is 24.7 Å². The lowest BCUT2D eigenvalue weighted by Gasteiger charge is -2.26. The van der Waals surface area contributed by atoms with Gasteiger partial charge in [0.05, 0.1) is 12.8 Å². The van der Waals surface area contributed by atoms with E-state index in [9.17, 15) is 9.90 Å². The van der Waals surface area contributed by atoms with Crippen molar-refractivity contribution in [1.29, 1.82) is 0 Å². The minimum Gasteiger partial charge on any atom is -0.493 e. The van der Waals surface area contributed by atoms with Gasteiger partial charge in [0.15, 0.2) is 23.6 Å². The molecule has 0 fully saturated rings. The normalized spacial score (nSPS) is 18.3. The zero-order valence-electron chi connectivity index (χ0n) is 16.6. The Balaban J connectivity index is 1.77. The molecule has 1 aliphatic rings. The van der Waals surface area contributed by atoms with Gasteiger partial charge in [-0.15, -0.1) is 0 Å². The Morgan fingerprint density at radius 3 is 2.79 bits per heavy atom. The zero-order valence-corrected chi connectivity index (χ0v) is 16.6. The molecule has 0 radical (unpaired) electrons. The number of rotatable bonds is 6. The number of nitrogens with one attached hydrogen (secondary N) is 1. The van der Waals surface area contributed by atoms with Crippen molar-refractivity contribution in [3.05, 3.63) is 71.4 Å². The number of aromatic nitrogens is 1. The number of quaternary nitrogens is 1. The predicted octanol–water partition coefficient (Wildman–Crippen LogP) is 2.79. The van der Waals surface area contributed by atoms with Gasteiger partial charge in [-0.3, -0.25) is 0 Å². The number of H-pyrrole nitrogens is 1. The van der Waals surface area contributed by atoms with E-state index in [1.165, 1.54) is 0 Å². The van der Waals surface area contributed by atoms with E-state index in [1.54, 1.807) is 7.11 Å². The van der Waals surface area contributed by atoms with E-state index < -0.39 is 12.0 Å². The van der Waals surface area contributed by atoms with Gasteiger partial charge in [0.2, 0.25) is 0 Å². The highest BCUT2D eigenvalue weighted by Crippen LogP contribution is 2.35. The van der Waals surface area contributed by atoms with Crippen molar-refractivity contribution in [2.75, 3.05) is 13.7 Å². The Hall–Kier alpha value is -3.25. The van der Waals surface area contributed by atoms with Crippen molar-refractivity contribution in [3.8, 4) is 11.5 Å². The maximum absolute atomic E-state index is 11.8. The SMILES string of the molecule is C=C(C)COc1ccc(C2[NH2+]C(C(=O)O)Cc3c2[nH]c2ccccc32)cc1OC. The molecule has 0 spiro atoms. The first-order valence-corrected chi connectivity index (χ1v) is 9.60. The molecule has 1 aromatic heterocycles. The number of carboxylic acid groups (broad SMARTS) is 1. The minimum absolute atomic E-state index is 0.170. The van der Waals surface area contributed by atoms with E-state index in [2.05, 4.69) is 11.6 Å². The molecule has 0 saturated carbocycles. The largest absolute Gasteiger partial charge is 0.493 e. The second kappa shape index (κ2) is 7.64. The third kappa shape index (κ3) is 3.59. The number of ether oxygens (including phenoxy) is 2. The van der Waals surface area contributed by atoms with E-state index in [0.29, 0.717) is 24.5 Å². The van der Waals surface area contributed by atoms with Crippen LogP contribution in [0, 0.1) is 0 Å². The summed E-state index contributed by atoms with van der Waals surface area (Å²) in [6.45, 7) is 6.18. The maximum Gasteiger partial charge on any atom is 0.362 e. The fourth-order valence-electron chi connectivity index (χ4n) is 3.97. The molecule has 2 heterocycles. The average Bonchev–Trinajstić information content (AvgIpc) is 3.10. The second-order valence-corrected chi connectivity index (χ2v) is 7.54. The van der Waals surface area contributed by atoms with Crippen LogP contribution in [0.4, 0.5) is 0 Å². The van der Waals surface area contributed by atoms with E-state index in [1.807, 2.05) is 54.7 Å². The molecule has 0 aliphatic carbocycles. The Morgan fingerprint density at radius 1 is 1.28 bits per heavy atom. The topological polar surface area (TPSA) is 88.2 Å². The van der Waals surface area contributed by atoms with Crippen molar-refractivity contribution in [2.45, 2.75) is 25.4 Å². The average molecular weight is 393 g/mol. The minimum atomic E-state index is -0.806. The molecule has 0 bridgehead atoms. The monoisotopic (exact) mass is 393 g/mol. The van der Waals surface area contributed by atoms with Crippen LogP contribution in [-0.4, -0.2) is 35.8 Å². The predicted molar refractivity (Wildman–Crippen MR) is 110 cm³/mol. The number of fused-ring (bicyclic) bond motifs is 3. The molecular formula is C23H25N2O4+. The van der Waals surface area contributed by atoms with Gasteiger partial charge in [0.1, 0.15) is 6.61 Å². The Morgan fingerprint density at radius 2 is 2.07 bits per heavy atom.